The van der Waals surface area contributed by atoms with Crippen LogP contribution in [0.2, 0.25) is 0 Å². The molecule has 1 aromatic rings. The minimum Gasteiger partial charge on any atom is -0.399 e. The highest BCUT2D eigenvalue weighted by molar-refractivity contribution is 5.76. The van der Waals surface area contributed by atoms with Gasteiger partial charge in [0, 0.05) is 44.7 Å². The largest absolute Gasteiger partial charge is 0.399 e. The second kappa shape index (κ2) is 6.72. The third kappa shape index (κ3) is 4.51. The first-order valence-electron chi connectivity index (χ1n) is 6.99. The van der Waals surface area contributed by atoms with E-state index in [-0.39, 0.29) is 5.91 Å². The van der Waals surface area contributed by atoms with Crippen molar-refractivity contribution in [3.8, 4) is 0 Å². The van der Waals surface area contributed by atoms with Crippen LogP contribution in [0.1, 0.15) is 24.8 Å². The van der Waals surface area contributed by atoms with E-state index in [9.17, 15) is 9.90 Å². The fraction of sp³-hybridized carbons (Fsp3) is 0.533. The van der Waals surface area contributed by atoms with Gasteiger partial charge in [-0.1, -0.05) is 12.1 Å². The Kier molecular flexibility index (Phi) is 4.98. The average molecular weight is 278 g/mol. The molecule has 1 saturated heterocycles. The van der Waals surface area contributed by atoms with Gasteiger partial charge in [0.1, 0.15) is 0 Å². The van der Waals surface area contributed by atoms with Crippen LogP contribution in [0.3, 0.4) is 0 Å². The maximum Gasteiger partial charge on any atom is 0.220 e. The molecule has 1 aromatic carbocycles. The Labute approximate surface area is 119 Å². The summed E-state index contributed by atoms with van der Waals surface area (Å²) in [4.78, 5) is 11.8. The van der Waals surface area contributed by atoms with Crippen LogP contribution in [-0.4, -0.2) is 36.4 Å². The summed E-state index contributed by atoms with van der Waals surface area (Å²) < 4.78 is 5.20. The molecule has 0 bridgehead atoms. The number of hydrogen-bond acceptors (Lipinski definition) is 4. The lowest BCUT2D eigenvalue weighted by atomic mass is 9.94. The fourth-order valence-electron chi connectivity index (χ4n) is 2.29. The number of ether oxygens (including phenoxy) is 1. The Morgan fingerprint density at radius 2 is 2.15 bits per heavy atom. The SMILES string of the molecule is Nc1cccc(CCC(=O)NCC2(O)CCOCC2)c1. The van der Waals surface area contributed by atoms with E-state index in [2.05, 4.69) is 5.32 Å². The summed E-state index contributed by atoms with van der Waals surface area (Å²) in [5.41, 5.74) is 6.63. The van der Waals surface area contributed by atoms with E-state index in [0.29, 0.717) is 51.1 Å². The number of benzene rings is 1. The van der Waals surface area contributed by atoms with Crippen molar-refractivity contribution in [1.29, 1.82) is 0 Å². The summed E-state index contributed by atoms with van der Waals surface area (Å²) in [6.07, 6.45) is 2.19. The number of anilines is 1. The van der Waals surface area contributed by atoms with Crippen LogP contribution in [0.4, 0.5) is 5.69 Å². The van der Waals surface area contributed by atoms with Crippen LogP contribution >= 0.6 is 0 Å². The van der Waals surface area contributed by atoms with Gasteiger partial charge < -0.3 is 20.9 Å². The van der Waals surface area contributed by atoms with E-state index in [1.165, 1.54) is 0 Å². The molecular weight excluding hydrogens is 256 g/mol. The van der Waals surface area contributed by atoms with Crippen molar-refractivity contribution < 1.29 is 14.6 Å². The van der Waals surface area contributed by atoms with Crippen LogP contribution in [0.15, 0.2) is 24.3 Å². The van der Waals surface area contributed by atoms with E-state index in [1.807, 2.05) is 24.3 Å². The molecule has 0 unspecified atom stereocenters. The fourth-order valence-corrected chi connectivity index (χ4v) is 2.29. The Morgan fingerprint density at radius 3 is 2.85 bits per heavy atom. The quantitative estimate of drug-likeness (QED) is 0.697. The number of nitrogens with one attached hydrogen (secondary N) is 1. The van der Waals surface area contributed by atoms with Crippen molar-refractivity contribution in [2.24, 2.45) is 0 Å². The number of amides is 1. The first-order chi connectivity index (χ1) is 9.57. The van der Waals surface area contributed by atoms with Crippen molar-refractivity contribution in [1.82, 2.24) is 5.32 Å². The molecule has 5 nitrogen and oxygen atoms in total. The normalized spacial score (nSPS) is 17.6. The average Bonchev–Trinajstić information content (AvgIpc) is 2.44. The van der Waals surface area contributed by atoms with Gasteiger partial charge in [-0.2, -0.15) is 0 Å². The Bertz CT molecular complexity index is 456. The zero-order valence-corrected chi connectivity index (χ0v) is 11.6. The standard InChI is InChI=1S/C15H22N2O3/c16-13-3-1-2-12(10-13)4-5-14(18)17-11-15(19)6-8-20-9-7-15/h1-3,10,19H,4-9,11,16H2,(H,17,18). The maximum atomic E-state index is 11.8. The number of carbonyl (C=O) groups excluding carboxylic acids is 1. The number of carbonyl (C=O) groups is 1. The molecule has 4 N–H and O–H groups in total. The first-order valence-corrected chi connectivity index (χ1v) is 6.99. The highest BCUT2D eigenvalue weighted by atomic mass is 16.5. The second-order valence-corrected chi connectivity index (χ2v) is 5.36. The second-order valence-electron chi connectivity index (χ2n) is 5.36. The van der Waals surface area contributed by atoms with Crippen LogP contribution in [0.25, 0.3) is 0 Å². The highest BCUT2D eigenvalue weighted by Gasteiger charge is 2.29. The molecule has 0 aliphatic carbocycles. The Morgan fingerprint density at radius 1 is 1.40 bits per heavy atom. The van der Waals surface area contributed by atoms with Crippen molar-refractivity contribution in [3.63, 3.8) is 0 Å². The summed E-state index contributed by atoms with van der Waals surface area (Å²) >= 11 is 0. The lowest BCUT2D eigenvalue weighted by Crippen LogP contribution is -2.46. The molecular formula is C15H22N2O3. The molecule has 110 valence electrons. The minimum absolute atomic E-state index is 0.0488. The van der Waals surface area contributed by atoms with Crippen molar-refractivity contribution in [2.75, 3.05) is 25.5 Å². The highest BCUT2D eigenvalue weighted by Crippen LogP contribution is 2.19. The summed E-state index contributed by atoms with van der Waals surface area (Å²) in [6.45, 7) is 1.40. The van der Waals surface area contributed by atoms with Crippen LogP contribution in [0, 0.1) is 0 Å². The van der Waals surface area contributed by atoms with Crippen LogP contribution < -0.4 is 11.1 Å². The third-order valence-corrected chi connectivity index (χ3v) is 3.63. The number of aryl methyl sites for hydroxylation is 1. The molecule has 1 fully saturated rings. The number of hydrogen-bond donors (Lipinski definition) is 3. The van der Waals surface area contributed by atoms with E-state index >= 15 is 0 Å². The molecule has 1 heterocycles. The van der Waals surface area contributed by atoms with E-state index in [1.54, 1.807) is 0 Å². The molecule has 0 spiro atoms. The molecule has 5 heteroatoms. The Balaban J connectivity index is 1.72. The number of rotatable bonds is 5. The topological polar surface area (TPSA) is 84.6 Å². The van der Waals surface area contributed by atoms with Crippen molar-refractivity contribution in [2.45, 2.75) is 31.3 Å². The van der Waals surface area contributed by atoms with Gasteiger partial charge in [-0.05, 0) is 24.1 Å². The Hall–Kier alpha value is -1.59. The van der Waals surface area contributed by atoms with Gasteiger partial charge in [0.25, 0.3) is 0 Å². The molecule has 0 saturated carbocycles. The summed E-state index contributed by atoms with van der Waals surface area (Å²) in [5, 5.41) is 13.0. The minimum atomic E-state index is -0.814. The molecule has 1 aliphatic rings. The van der Waals surface area contributed by atoms with E-state index in [4.69, 9.17) is 10.5 Å². The van der Waals surface area contributed by atoms with E-state index < -0.39 is 5.60 Å². The van der Waals surface area contributed by atoms with Crippen LogP contribution in [0.5, 0.6) is 0 Å². The molecule has 2 rings (SSSR count). The molecule has 1 amide bonds. The summed E-state index contributed by atoms with van der Waals surface area (Å²) in [5.74, 6) is -0.0488. The van der Waals surface area contributed by atoms with Gasteiger partial charge in [-0.25, -0.2) is 0 Å². The van der Waals surface area contributed by atoms with Gasteiger partial charge in [-0.3, -0.25) is 4.79 Å². The predicted molar refractivity (Wildman–Crippen MR) is 77.2 cm³/mol. The van der Waals surface area contributed by atoms with E-state index in [0.717, 1.165) is 5.56 Å². The lowest BCUT2D eigenvalue weighted by molar-refractivity contribution is -0.123. The van der Waals surface area contributed by atoms with Crippen molar-refractivity contribution in [3.05, 3.63) is 29.8 Å². The molecule has 0 radical (unpaired) electrons. The molecule has 0 atom stereocenters. The van der Waals surface area contributed by atoms with Gasteiger partial charge in [-0.15, -0.1) is 0 Å². The molecule has 20 heavy (non-hydrogen) atoms. The van der Waals surface area contributed by atoms with Crippen molar-refractivity contribution >= 4 is 11.6 Å². The number of nitrogen functional groups attached to an aromatic ring is 1. The summed E-state index contributed by atoms with van der Waals surface area (Å²) in [7, 11) is 0. The molecule has 1 aliphatic heterocycles. The predicted octanol–water partition coefficient (Wildman–Crippen LogP) is 0.859. The van der Waals surface area contributed by atoms with Crippen LogP contribution in [-0.2, 0) is 16.0 Å². The van der Waals surface area contributed by atoms with Gasteiger partial charge in [0.15, 0.2) is 0 Å². The summed E-state index contributed by atoms with van der Waals surface area (Å²) in [6, 6.07) is 7.53. The maximum absolute atomic E-state index is 11.8. The zero-order valence-electron chi connectivity index (χ0n) is 11.6. The molecule has 0 aromatic heterocycles. The zero-order chi connectivity index (χ0) is 14.4. The third-order valence-electron chi connectivity index (χ3n) is 3.63. The number of aliphatic hydroxyl groups is 1. The van der Waals surface area contributed by atoms with Gasteiger partial charge in [0.2, 0.25) is 5.91 Å². The first kappa shape index (κ1) is 14.8. The van der Waals surface area contributed by atoms with Gasteiger partial charge >= 0.3 is 0 Å². The number of nitrogens with two attached hydrogens (primary N) is 1. The lowest BCUT2D eigenvalue weighted by Gasteiger charge is -2.32. The van der Waals surface area contributed by atoms with Gasteiger partial charge in [0.05, 0.1) is 5.60 Å². The monoisotopic (exact) mass is 278 g/mol. The smallest absolute Gasteiger partial charge is 0.220 e.